The predicted octanol–water partition coefficient (Wildman–Crippen LogP) is 2.57. The van der Waals surface area contributed by atoms with Crippen LogP contribution < -0.4 is 10.1 Å². The summed E-state index contributed by atoms with van der Waals surface area (Å²) in [5, 5.41) is 2.79. The standard InChI is InChI=1S/C20H22N2O5S/c1-3-28(25,26)22-11-10-15-8-9-17(12-16(15)13-22)21-20(24)18-6-4-5-7-19(18)27-14(2)23/h4-9,12H,3,10-11,13H2,1-2H3,(H,21,24). The lowest BCUT2D eigenvalue weighted by atomic mass is 10.0. The molecule has 0 spiro atoms. The molecule has 1 amide bonds. The van der Waals surface area contributed by atoms with E-state index >= 15 is 0 Å². The molecule has 0 saturated heterocycles. The van der Waals surface area contributed by atoms with E-state index in [1.165, 1.54) is 11.2 Å². The maximum atomic E-state index is 12.6. The van der Waals surface area contributed by atoms with Gasteiger partial charge in [-0.2, -0.15) is 4.31 Å². The second kappa shape index (κ2) is 8.12. The van der Waals surface area contributed by atoms with E-state index in [2.05, 4.69) is 5.32 Å². The van der Waals surface area contributed by atoms with Gasteiger partial charge >= 0.3 is 5.97 Å². The van der Waals surface area contributed by atoms with Gasteiger partial charge in [0.1, 0.15) is 5.75 Å². The molecule has 1 N–H and O–H groups in total. The fourth-order valence-corrected chi connectivity index (χ4v) is 4.20. The molecule has 7 nitrogen and oxygen atoms in total. The first-order valence-corrected chi connectivity index (χ1v) is 10.6. The third kappa shape index (κ3) is 4.40. The molecule has 0 saturated carbocycles. The smallest absolute Gasteiger partial charge is 0.308 e. The van der Waals surface area contributed by atoms with Gasteiger partial charge in [0.15, 0.2) is 0 Å². The summed E-state index contributed by atoms with van der Waals surface area (Å²) in [6.45, 7) is 3.65. The molecule has 0 unspecified atom stereocenters. The number of benzene rings is 2. The Morgan fingerprint density at radius 2 is 1.89 bits per heavy atom. The molecule has 3 rings (SSSR count). The number of nitrogens with zero attached hydrogens (tertiary/aromatic N) is 1. The first-order valence-electron chi connectivity index (χ1n) is 8.98. The molecule has 1 heterocycles. The summed E-state index contributed by atoms with van der Waals surface area (Å²) in [7, 11) is -3.26. The van der Waals surface area contributed by atoms with Gasteiger partial charge < -0.3 is 10.1 Å². The molecule has 0 aliphatic carbocycles. The zero-order valence-corrected chi connectivity index (χ0v) is 16.6. The highest BCUT2D eigenvalue weighted by Gasteiger charge is 2.25. The van der Waals surface area contributed by atoms with Crippen molar-refractivity contribution < 1.29 is 22.7 Å². The topological polar surface area (TPSA) is 92.8 Å². The molecule has 0 atom stereocenters. The lowest BCUT2D eigenvalue weighted by Crippen LogP contribution is -2.36. The van der Waals surface area contributed by atoms with Crippen molar-refractivity contribution in [2.45, 2.75) is 26.8 Å². The Kier molecular flexibility index (Phi) is 5.81. The van der Waals surface area contributed by atoms with Crippen LogP contribution in [-0.2, 0) is 27.8 Å². The summed E-state index contributed by atoms with van der Waals surface area (Å²) in [6.07, 6.45) is 0.637. The lowest BCUT2D eigenvalue weighted by molar-refractivity contribution is -0.131. The lowest BCUT2D eigenvalue weighted by Gasteiger charge is -2.28. The number of rotatable bonds is 5. The minimum Gasteiger partial charge on any atom is -0.426 e. The fraction of sp³-hybridized carbons (Fsp3) is 0.300. The van der Waals surface area contributed by atoms with Crippen molar-refractivity contribution >= 4 is 27.6 Å². The zero-order valence-electron chi connectivity index (χ0n) is 15.8. The molecular formula is C20H22N2O5S. The van der Waals surface area contributed by atoms with E-state index in [1.54, 1.807) is 43.3 Å². The molecule has 28 heavy (non-hydrogen) atoms. The molecule has 2 aromatic rings. The summed E-state index contributed by atoms with van der Waals surface area (Å²) in [4.78, 5) is 23.9. The number of sulfonamides is 1. The van der Waals surface area contributed by atoms with Crippen LogP contribution in [0.4, 0.5) is 5.69 Å². The number of amides is 1. The van der Waals surface area contributed by atoms with Crippen LogP contribution in [0, 0.1) is 0 Å². The van der Waals surface area contributed by atoms with Crippen LogP contribution in [0.1, 0.15) is 35.3 Å². The summed E-state index contributed by atoms with van der Waals surface area (Å²) in [5.41, 5.74) is 2.73. The van der Waals surface area contributed by atoms with E-state index < -0.39 is 21.9 Å². The van der Waals surface area contributed by atoms with Crippen molar-refractivity contribution in [3.8, 4) is 5.75 Å². The van der Waals surface area contributed by atoms with Gasteiger partial charge in [-0.1, -0.05) is 18.2 Å². The van der Waals surface area contributed by atoms with Crippen LogP contribution in [0.25, 0.3) is 0 Å². The van der Waals surface area contributed by atoms with E-state index in [0.717, 1.165) is 11.1 Å². The van der Waals surface area contributed by atoms with Crippen LogP contribution in [0.15, 0.2) is 42.5 Å². The number of para-hydroxylation sites is 1. The van der Waals surface area contributed by atoms with Gasteiger partial charge in [0.05, 0.1) is 11.3 Å². The van der Waals surface area contributed by atoms with Crippen molar-refractivity contribution in [2.75, 3.05) is 17.6 Å². The van der Waals surface area contributed by atoms with Crippen molar-refractivity contribution in [3.05, 3.63) is 59.2 Å². The van der Waals surface area contributed by atoms with Crippen LogP contribution in [0.3, 0.4) is 0 Å². The van der Waals surface area contributed by atoms with E-state index in [0.29, 0.717) is 25.2 Å². The minimum atomic E-state index is -3.26. The fourth-order valence-electron chi connectivity index (χ4n) is 3.13. The van der Waals surface area contributed by atoms with E-state index in [4.69, 9.17) is 4.74 Å². The van der Waals surface area contributed by atoms with Gasteiger partial charge in [0, 0.05) is 25.7 Å². The second-order valence-electron chi connectivity index (χ2n) is 6.51. The Labute approximate surface area is 164 Å². The van der Waals surface area contributed by atoms with Crippen molar-refractivity contribution in [3.63, 3.8) is 0 Å². The Morgan fingerprint density at radius 3 is 2.61 bits per heavy atom. The average molecular weight is 402 g/mol. The molecule has 2 aromatic carbocycles. The van der Waals surface area contributed by atoms with Gasteiger partial charge in [0.2, 0.25) is 10.0 Å². The highest BCUT2D eigenvalue weighted by molar-refractivity contribution is 7.89. The number of carbonyl (C=O) groups is 2. The van der Waals surface area contributed by atoms with E-state index in [-0.39, 0.29) is 17.1 Å². The van der Waals surface area contributed by atoms with Gasteiger partial charge in [-0.15, -0.1) is 0 Å². The molecule has 0 bridgehead atoms. The van der Waals surface area contributed by atoms with E-state index in [9.17, 15) is 18.0 Å². The second-order valence-corrected chi connectivity index (χ2v) is 8.77. The molecule has 8 heteroatoms. The van der Waals surface area contributed by atoms with Crippen LogP contribution in [0.5, 0.6) is 5.75 Å². The number of carbonyl (C=O) groups excluding carboxylic acids is 2. The number of esters is 1. The monoisotopic (exact) mass is 402 g/mol. The zero-order chi connectivity index (χ0) is 20.3. The Balaban J connectivity index is 1.81. The number of hydrogen-bond donors (Lipinski definition) is 1. The van der Waals surface area contributed by atoms with Gasteiger partial charge in [-0.05, 0) is 48.7 Å². The summed E-state index contributed by atoms with van der Waals surface area (Å²) < 4.78 is 30.9. The number of hydrogen-bond acceptors (Lipinski definition) is 5. The third-order valence-corrected chi connectivity index (χ3v) is 6.41. The van der Waals surface area contributed by atoms with Crippen LogP contribution in [-0.4, -0.2) is 36.9 Å². The maximum absolute atomic E-state index is 12.6. The highest BCUT2D eigenvalue weighted by Crippen LogP contribution is 2.26. The van der Waals surface area contributed by atoms with Crippen molar-refractivity contribution in [2.24, 2.45) is 0 Å². The molecule has 1 aliphatic heterocycles. The molecule has 148 valence electrons. The van der Waals surface area contributed by atoms with Crippen molar-refractivity contribution in [1.29, 1.82) is 0 Å². The quantitative estimate of drug-likeness (QED) is 0.613. The van der Waals surface area contributed by atoms with Gasteiger partial charge in [-0.25, -0.2) is 8.42 Å². The first kappa shape index (κ1) is 20.0. The number of nitrogens with one attached hydrogen (secondary N) is 1. The number of fused-ring (bicyclic) bond motifs is 1. The highest BCUT2D eigenvalue weighted by atomic mass is 32.2. The van der Waals surface area contributed by atoms with Crippen LogP contribution >= 0.6 is 0 Å². The Bertz CT molecular complexity index is 1020. The van der Waals surface area contributed by atoms with Crippen molar-refractivity contribution in [1.82, 2.24) is 4.31 Å². The van der Waals surface area contributed by atoms with Gasteiger partial charge in [-0.3, -0.25) is 9.59 Å². The molecule has 1 aliphatic rings. The Hall–Kier alpha value is -2.71. The Morgan fingerprint density at radius 1 is 1.14 bits per heavy atom. The van der Waals surface area contributed by atoms with E-state index in [1.807, 2.05) is 6.07 Å². The average Bonchev–Trinajstić information content (AvgIpc) is 2.67. The molecule has 0 radical (unpaired) electrons. The molecule has 0 aromatic heterocycles. The third-order valence-electron chi connectivity index (χ3n) is 4.58. The molecule has 0 fully saturated rings. The predicted molar refractivity (Wildman–Crippen MR) is 106 cm³/mol. The van der Waals surface area contributed by atoms with Crippen LogP contribution in [0.2, 0.25) is 0 Å². The number of anilines is 1. The van der Waals surface area contributed by atoms with Gasteiger partial charge in [0.25, 0.3) is 5.91 Å². The first-order chi connectivity index (χ1) is 13.3. The summed E-state index contributed by atoms with van der Waals surface area (Å²) in [5.74, 6) is -0.673. The maximum Gasteiger partial charge on any atom is 0.308 e. The normalized spacial score (nSPS) is 14.2. The summed E-state index contributed by atoms with van der Waals surface area (Å²) in [6, 6.07) is 12.0. The SMILES string of the molecule is CCS(=O)(=O)N1CCc2ccc(NC(=O)c3ccccc3OC(C)=O)cc2C1. The molecular weight excluding hydrogens is 380 g/mol. The number of ether oxygens (including phenoxy) is 1. The summed E-state index contributed by atoms with van der Waals surface area (Å²) >= 11 is 0. The minimum absolute atomic E-state index is 0.0612. The largest absolute Gasteiger partial charge is 0.426 e.